The van der Waals surface area contributed by atoms with E-state index in [2.05, 4.69) is 25.3 Å². The standard InChI is InChI=1S/C24H22F2N6O2/c1-13-20-22(32-10-2-3-16(27)12-32)19(11-28-24(20)34-31-13)30-23(33)18-9-8-17(26)21(29-18)14-4-6-15(25)7-5-14/h4-9,11,16H,2-3,10,12,27H2,1H3,(H,30,33)/t16-/m0/s1. The van der Waals surface area contributed by atoms with E-state index >= 15 is 0 Å². The SMILES string of the molecule is Cc1noc2ncc(NC(=O)c3ccc(F)c(-c4ccc(F)cc4)n3)c(N3CCC[C@H](N)C3)c12. The maximum Gasteiger partial charge on any atom is 0.274 e. The molecular formula is C24H22F2N6O2. The number of halogens is 2. The van der Waals surface area contributed by atoms with E-state index in [0.29, 0.717) is 34.6 Å². The molecule has 0 aliphatic carbocycles. The van der Waals surface area contributed by atoms with Crippen LogP contribution in [0, 0.1) is 18.6 Å². The number of nitrogens with one attached hydrogen (secondary N) is 1. The lowest BCUT2D eigenvalue weighted by atomic mass is 10.0. The van der Waals surface area contributed by atoms with Gasteiger partial charge in [-0.05, 0) is 56.2 Å². The Morgan fingerprint density at radius 2 is 2.00 bits per heavy atom. The highest BCUT2D eigenvalue weighted by Gasteiger charge is 2.26. The number of benzene rings is 1. The van der Waals surface area contributed by atoms with E-state index in [4.69, 9.17) is 10.3 Å². The fourth-order valence-corrected chi connectivity index (χ4v) is 4.24. The van der Waals surface area contributed by atoms with Gasteiger partial charge in [-0.1, -0.05) is 5.16 Å². The lowest BCUT2D eigenvalue weighted by Crippen LogP contribution is -2.43. The average molecular weight is 464 g/mol. The Morgan fingerprint density at radius 1 is 1.21 bits per heavy atom. The largest absolute Gasteiger partial charge is 0.368 e. The van der Waals surface area contributed by atoms with Gasteiger partial charge in [-0.15, -0.1) is 0 Å². The number of aromatic nitrogens is 3. The van der Waals surface area contributed by atoms with Gasteiger partial charge < -0.3 is 20.5 Å². The molecule has 1 aliphatic rings. The lowest BCUT2D eigenvalue weighted by molar-refractivity contribution is 0.102. The third kappa shape index (κ3) is 4.08. The number of fused-ring (bicyclic) bond motifs is 1. The van der Waals surface area contributed by atoms with Crippen molar-refractivity contribution in [2.75, 3.05) is 23.3 Å². The fourth-order valence-electron chi connectivity index (χ4n) is 4.24. The topological polar surface area (TPSA) is 110 Å². The summed E-state index contributed by atoms with van der Waals surface area (Å²) in [5.41, 5.74) is 8.72. The van der Waals surface area contributed by atoms with E-state index in [1.807, 2.05) is 6.92 Å². The molecule has 4 heterocycles. The van der Waals surface area contributed by atoms with E-state index in [0.717, 1.165) is 31.1 Å². The molecule has 1 saturated heterocycles. The highest BCUT2D eigenvalue weighted by molar-refractivity contribution is 6.08. The zero-order valence-corrected chi connectivity index (χ0v) is 18.4. The number of hydrogen-bond donors (Lipinski definition) is 2. The van der Waals surface area contributed by atoms with Crippen LogP contribution in [0.15, 0.2) is 47.1 Å². The highest BCUT2D eigenvalue weighted by atomic mass is 19.1. The second-order valence-corrected chi connectivity index (χ2v) is 8.30. The van der Waals surface area contributed by atoms with Gasteiger partial charge in [-0.2, -0.15) is 0 Å². The molecule has 0 bridgehead atoms. The molecule has 1 aliphatic heterocycles. The van der Waals surface area contributed by atoms with Crippen LogP contribution in [-0.4, -0.2) is 40.2 Å². The Morgan fingerprint density at radius 3 is 2.76 bits per heavy atom. The first kappa shape index (κ1) is 21.9. The van der Waals surface area contributed by atoms with Crippen molar-refractivity contribution in [3.05, 3.63) is 65.6 Å². The van der Waals surface area contributed by atoms with E-state index in [9.17, 15) is 13.6 Å². The zero-order valence-electron chi connectivity index (χ0n) is 18.4. The molecule has 3 N–H and O–H groups in total. The van der Waals surface area contributed by atoms with Gasteiger partial charge in [-0.25, -0.2) is 18.7 Å². The minimum atomic E-state index is -0.616. The summed E-state index contributed by atoms with van der Waals surface area (Å²) in [6.45, 7) is 3.17. The summed E-state index contributed by atoms with van der Waals surface area (Å²) in [5, 5.41) is 7.58. The molecule has 0 unspecified atom stereocenters. The Kier molecular flexibility index (Phi) is 5.66. The van der Waals surface area contributed by atoms with E-state index in [1.165, 1.54) is 36.5 Å². The van der Waals surface area contributed by atoms with Crippen molar-refractivity contribution in [2.45, 2.75) is 25.8 Å². The third-order valence-corrected chi connectivity index (χ3v) is 5.87. The molecule has 0 spiro atoms. The number of pyridine rings is 2. The first-order chi connectivity index (χ1) is 16.4. The molecule has 4 aromatic rings. The van der Waals surface area contributed by atoms with Gasteiger partial charge >= 0.3 is 0 Å². The molecule has 174 valence electrons. The molecule has 0 saturated carbocycles. The number of anilines is 2. The maximum atomic E-state index is 14.4. The van der Waals surface area contributed by atoms with Crippen LogP contribution < -0.4 is 16.0 Å². The smallest absolute Gasteiger partial charge is 0.274 e. The van der Waals surface area contributed by atoms with E-state index < -0.39 is 17.5 Å². The minimum Gasteiger partial charge on any atom is -0.368 e. The number of amides is 1. The molecule has 1 atom stereocenters. The van der Waals surface area contributed by atoms with Crippen LogP contribution in [0.2, 0.25) is 0 Å². The Bertz CT molecular complexity index is 1370. The zero-order chi connectivity index (χ0) is 23.8. The number of nitrogens with two attached hydrogens (primary N) is 1. The van der Waals surface area contributed by atoms with Crippen LogP contribution in [0.25, 0.3) is 22.4 Å². The minimum absolute atomic E-state index is 0.00212. The van der Waals surface area contributed by atoms with Crippen molar-refractivity contribution >= 4 is 28.4 Å². The molecule has 1 fully saturated rings. The number of carbonyl (C=O) groups excluding carboxylic acids is 1. The van der Waals surface area contributed by atoms with Crippen LogP contribution in [0.5, 0.6) is 0 Å². The number of piperidine rings is 1. The van der Waals surface area contributed by atoms with Gasteiger partial charge in [0.15, 0.2) is 0 Å². The number of hydrogen-bond acceptors (Lipinski definition) is 7. The molecule has 0 radical (unpaired) electrons. The fraction of sp³-hybridized carbons (Fsp3) is 0.250. The number of aryl methyl sites for hydroxylation is 1. The summed E-state index contributed by atoms with van der Waals surface area (Å²) in [4.78, 5) is 23.7. The quantitative estimate of drug-likeness (QED) is 0.469. The Balaban J connectivity index is 1.52. The summed E-state index contributed by atoms with van der Waals surface area (Å²) in [6.07, 6.45) is 3.33. The van der Waals surface area contributed by atoms with E-state index in [1.54, 1.807) is 0 Å². The Labute approximate surface area is 193 Å². The number of rotatable bonds is 4. The van der Waals surface area contributed by atoms with Crippen molar-refractivity contribution in [1.82, 2.24) is 15.1 Å². The summed E-state index contributed by atoms with van der Waals surface area (Å²) < 4.78 is 33.0. The highest BCUT2D eigenvalue weighted by Crippen LogP contribution is 2.37. The predicted molar refractivity (Wildman–Crippen MR) is 124 cm³/mol. The molecule has 5 rings (SSSR count). The van der Waals surface area contributed by atoms with Gasteiger partial charge in [0, 0.05) is 24.7 Å². The third-order valence-electron chi connectivity index (χ3n) is 5.87. The normalized spacial score (nSPS) is 16.1. The van der Waals surface area contributed by atoms with Crippen LogP contribution in [0.4, 0.5) is 20.2 Å². The summed E-state index contributed by atoms with van der Waals surface area (Å²) in [5.74, 6) is -1.61. The maximum absolute atomic E-state index is 14.4. The molecular weight excluding hydrogens is 442 g/mol. The van der Waals surface area contributed by atoms with Gasteiger partial charge in [-0.3, -0.25) is 4.79 Å². The lowest BCUT2D eigenvalue weighted by Gasteiger charge is -2.34. The molecule has 1 aromatic carbocycles. The van der Waals surface area contributed by atoms with Crippen molar-refractivity contribution in [1.29, 1.82) is 0 Å². The molecule has 8 nitrogen and oxygen atoms in total. The van der Waals surface area contributed by atoms with Crippen LogP contribution >= 0.6 is 0 Å². The molecule has 34 heavy (non-hydrogen) atoms. The molecule has 1 amide bonds. The molecule has 3 aromatic heterocycles. The van der Waals surface area contributed by atoms with Crippen LogP contribution in [-0.2, 0) is 0 Å². The second-order valence-electron chi connectivity index (χ2n) is 8.30. The number of carbonyl (C=O) groups is 1. The van der Waals surface area contributed by atoms with Crippen LogP contribution in [0.3, 0.4) is 0 Å². The van der Waals surface area contributed by atoms with Crippen molar-refractivity contribution in [2.24, 2.45) is 5.73 Å². The Hall–Kier alpha value is -3.92. The summed E-state index contributed by atoms with van der Waals surface area (Å²) >= 11 is 0. The van der Waals surface area contributed by atoms with Gasteiger partial charge in [0.25, 0.3) is 11.6 Å². The monoisotopic (exact) mass is 464 g/mol. The summed E-state index contributed by atoms with van der Waals surface area (Å²) in [6, 6.07) is 7.70. The van der Waals surface area contributed by atoms with Crippen molar-refractivity contribution in [3.63, 3.8) is 0 Å². The first-order valence-corrected chi connectivity index (χ1v) is 10.9. The van der Waals surface area contributed by atoms with Crippen molar-refractivity contribution < 1.29 is 18.1 Å². The van der Waals surface area contributed by atoms with Gasteiger partial charge in [0.05, 0.1) is 28.7 Å². The predicted octanol–water partition coefficient (Wildman–Crippen LogP) is 4.05. The summed E-state index contributed by atoms with van der Waals surface area (Å²) in [7, 11) is 0. The second kappa shape index (κ2) is 8.79. The first-order valence-electron chi connectivity index (χ1n) is 10.9. The van der Waals surface area contributed by atoms with E-state index in [-0.39, 0.29) is 17.4 Å². The van der Waals surface area contributed by atoms with Crippen LogP contribution in [0.1, 0.15) is 29.0 Å². The molecule has 10 heteroatoms. The average Bonchev–Trinajstić information content (AvgIpc) is 3.20. The number of nitrogens with zero attached hydrogens (tertiary/aromatic N) is 4. The van der Waals surface area contributed by atoms with Gasteiger partial charge in [0.2, 0.25) is 0 Å². The van der Waals surface area contributed by atoms with Crippen molar-refractivity contribution in [3.8, 4) is 11.3 Å². The van der Waals surface area contributed by atoms with Gasteiger partial charge in [0.1, 0.15) is 23.0 Å².